The zero-order chi connectivity index (χ0) is 12.4. The van der Waals surface area contributed by atoms with Crippen LogP contribution in [0.15, 0.2) is 0 Å². The van der Waals surface area contributed by atoms with Gasteiger partial charge in [0.05, 0.1) is 0 Å². The van der Waals surface area contributed by atoms with Crippen LogP contribution in [0.1, 0.15) is 51.9 Å². The van der Waals surface area contributed by atoms with Gasteiger partial charge in [0.25, 0.3) is 0 Å². The molecule has 0 aliphatic carbocycles. The largest absolute Gasteiger partial charge is 0.291 e. The van der Waals surface area contributed by atoms with Crippen molar-refractivity contribution in [3.8, 4) is 11.8 Å². The van der Waals surface area contributed by atoms with E-state index in [1.807, 2.05) is 0 Å². The van der Waals surface area contributed by atoms with E-state index >= 15 is 0 Å². The second kappa shape index (κ2) is 8.58. The van der Waals surface area contributed by atoms with Crippen LogP contribution in [0.4, 0.5) is 0 Å². The third kappa shape index (κ3) is 8.73. The molecule has 0 rings (SSSR count). The van der Waals surface area contributed by atoms with E-state index in [1.54, 1.807) is 0 Å². The summed E-state index contributed by atoms with van der Waals surface area (Å²) in [5, 5.41) is 0.193. The zero-order valence-electron chi connectivity index (χ0n) is 11.4. The summed E-state index contributed by atoms with van der Waals surface area (Å²) in [6.07, 6.45) is 8.60. The third-order valence-electron chi connectivity index (χ3n) is 2.54. The fraction of sp³-hybridized carbons (Fsp3) is 0.786. The van der Waals surface area contributed by atoms with Gasteiger partial charge in [-0.2, -0.15) is 0 Å². The molecule has 0 aliphatic heterocycles. The molecule has 0 radical (unpaired) electrons. The van der Waals surface area contributed by atoms with E-state index in [0.29, 0.717) is 0 Å². The average Bonchev–Trinajstić information content (AvgIpc) is 2.20. The molecule has 0 saturated carbocycles. The van der Waals surface area contributed by atoms with Gasteiger partial charge >= 0.3 is 0 Å². The smallest absolute Gasteiger partial charge is 0.180 e. The SMILES string of the molecule is CCCCCCCCC#CC(=O)[Si](C)(C)C. The predicted molar refractivity (Wildman–Crippen MR) is 74.1 cm³/mol. The maximum atomic E-state index is 11.5. The van der Waals surface area contributed by atoms with Crippen molar-refractivity contribution in [2.24, 2.45) is 0 Å². The predicted octanol–water partition coefficient (Wildman–Crippen LogP) is 4.19. The summed E-state index contributed by atoms with van der Waals surface area (Å²) >= 11 is 0. The van der Waals surface area contributed by atoms with E-state index in [9.17, 15) is 4.79 Å². The number of hydrogen-bond acceptors (Lipinski definition) is 1. The van der Waals surface area contributed by atoms with E-state index < -0.39 is 8.07 Å². The zero-order valence-corrected chi connectivity index (χ0v) is 12.4. The Hall–Kier alpha value is -0.553. The van der Waals surface area contributed by atoms with Gasteiger partial charge < -0.3 is 0 Å². The molecule has 0 amide bonds. The molecule has 2 heteroatoms. The molecule has 0 heterocycles. The number of unbranched alkanes of at least 4 members (excludes halogenated alkanes) is 6. The maximum Gasteiger partial charge on any atom is 0.180 e. The number of carbonyl (C=O) groups is 1. The monoisotopic (exact) mass is 238 g/mol. The molecule has 16 heavy (non-hydrogen) atoms. The molecule has 0 aliphatic rings. The highest BCUT2D eigenvalue weighted by molar-refractivity contribution is 7.05. The van der Waals surface area contributed by atoms with Crippen LogP contribution in [0, 0.1) is 11.8 Å². The topological polar surface area (TPSA) is 17.1 Å². The van der Waals surface area contributed by atoms with Gasteiger partial charge in [0.15, 0.2) is 5.41 Å². The fourth-order valence-electron chi connectivity index (χ4n) is 1.32. The Labute approximate surface area is 102 Å². The van der Waals surface area contributed by atoms with Crippen LogP contribution in [0.5, 0.6) is 0 Å². The van der Waals surface area contributed by atoms with Crippen LogP contribution < -0.4 is 0 Å². The van der Waals surface area contributed by atoms with Crippen molar-refractivity contribution in [1.82, 2.24) is 0 Å². The molecule has 0 unspecified atom stereocenters. The fourth-order valence-corrected chi connectivity index (χ4v) is 1.79. The van der Waals surface area contributed by atoms with Crippen molar-refractivity contribution in [2.45, 2.75) is 71.5 Å². The Morgan fingerprint density at radius 1 is 1.00 bits per heavy atom. The van der Waals surface area contributed by atoms with Gasteiger partial charge in [-0.1, -0.05) is 64.6 Å². The minimum atomic E-state index is -1.66. The molecule has 1 nitrogen and oxygen atoms in total. The molecule has 0 aromatic carbocycles. The molecule has 0 bridgehead atoms. The Kier molecular flexibility index (Phi) is 8.29. The van der Waals surface area contributed by atoms with Crippen molar-refractivity contribution in [2.75, 3.05) is 0 Å². The first-order valence-corrected chi connectivity index (χ1v) is 10.0. The molecule has 0 N–H and O–H groups in total. The number of carbonyl (C=O) groups excluding carboxylic acids is 1. The van der Waals surface area contributed by atoms with Crippen LogP contribution in [-0.2, 0) is 4.79 Å². The van der Waals surface area contributed by atoms with Crippen molar-refractivity contribution < 1.29 is 4.79 Å². The lowest BCUT2D eigenvalue weighted by molar-refractivity contribution is -0.107. The Bertz CT molecular complexity index is 252. The molecular weight excluding hydrogens is 212 g/mol. The summed E-state index contributed by atoms with van der Waals surface area (Å²) in [6, 6.07) is 0. The lowest BCUT2D eigenvalue weighted by atomic mass is 10.1. The Morgan fingerprint density at radius 3 is 2.12 bits per heavy atom. The van der Waals surface area contributed by atoms with Crippen LogP contribution in [-0.4, -0.2) is 13.5 Å². The molecule has 0 aromatic heterocycles. The van der Waals surface area contributed by atoms with Crippen molar-refractivity contribution in [3.63, 3.8) is 0 Å². The summed E-state index contributed by atoms with van der Waals surface area (Å²) in [6.45, 7) is 8.38. The first kappa shape index (κ1) is 15.4. The van der Waals surface area contributed by atoms with E-state index in [4.69, 9.17) is 0 Å². The van der Waals surface area contributed by atoms with Gasteiger partial charge in [0.2, 0.25) is 0 Å². The van der Waals surface area contributed by atoms with E-state index in [-0.39, 0.29) is 5.41 Å². The normalized spacial score (nSPS) is 10.8. The quantitative estimate of drug-likeness (QED) is 0.369. The lowest BCUT2D eigenvalue weighted by Gasteiger charge is -2.07. The summed E-state index contributed by atoms with van der Waals surface area (Å²) < 4.78 is 0. The van der Waals surface area contributed by atoms with E-state index in [0.717, 1.165) is 12.8 Å². The molecule has 92 valence electrons. The molecule has 0 spiro atoms. The van der Waals surface area contributed by atoms with Gasteiger partial charge in [-0.25, -0.2) is 0 Å². The molecule has 0 fully saturated rings. The maximum absolute atomic E-state index is 11.5. The summed E-state index contributed by atoms with van der Waals surface area (Å²) in [5.74, 6) is 5.82. The number of rotatable bonds is 7. The number of hydrogen-bond donors (Lipinski definition) is 0. The molecule has 0 aromatic rings. The van der Waals surface area contributed by atoms with Crippen LogP contribution >= 0.6 is 0 Å². The molecule has 0 atom stereocenters. The second-order valence-electron chi connectivity index (χ2n) is 5.40. The van der Waals surface area contributed by atoms with E-state index in [1.165, 1.54) is 32.1 Å². The van der Waals surface area contributed by atoms with E-state index in [2.05, 4.69) is 38.4 Å². The summed E-state index contributed by atoms with van der Waals surface area (Å²) in [4.78, 5) is 11.5. The van der Waals surface area contributed by atoms with Crippen LogP contribution in [0.25, 0.3) is 0 Å². The molecular formula is C14H26OSi. The van der Waals surface area contributed by atoms with Crippen molar-refractivity contribution in [1.29, 1.82) is 0 Å². The third-order valence-corrected chi connectivity index (χ3v) is 4.03. The molecule has 0 saturated heterocycles. The minimum Gasteiger partial charge on any atom is -0.291 e. The Morgan fingerprint density at radius 2 is 1.56 bits per heavy atom. The second-order valence-corrected chi connectivity index (χ2v) is 10.4. The highest BCUT2D eigenvalue weighted by Gasteiger charge is 2.21. The van der Waals surface area contributed by atoms with Crippen molar-refractivity contribution >= 4 is 13.5 Å². The van der Waals surface area contributed by atoms with Crippen LogP contribution in [0.2, 0.25) is 19.6 Å². The average molecular weight is 238 g/mol. The van der Waals surface area contributed by atoms with Gasteiger partial charge in [-0.05, 0) is 12.3 Å². The highest BCUT2D eigenvalue weighted by Crippen LogP contribution is 2.06. The first-order chi connectivity index (χ1) is 7.48. The van der Waals surface area contributed by atoms with Crippen LogP contribution in [0.3, 0.4) is 0 Å². The van der Waals surface area contributed by atoms with Gasteiger partial charge in [-0.3, -0.25) is 4.79 Å². The minimum absolute atomic E-state index is 0.193. The summed E-state index contributed by atoms with van der Waals surface area (Å²) in [5.41, 5.74) is 0. The summed E-state index contributed by atoms with van der Waals surface area (Å²) in [7, 11) is -1.66. The Balaban J connectivity index is 3.52. The van der Waals surface area contributed by atoms with Gasteiger partial charge in [0, 0.05) is 6.42 Å². The van der Waals surface area contributed by atoms with Gasteiger partial charge in [-0.15, -0.1) is 0 Å². The van der Waals surface area contributed by atoms with Crippen molar-refractivity contribution in [3.05, 3.63) is 0 Å². The van der Waals surface area contributed by atoms with Gasteiger partial charge in [0.1, 0.15) is 8.07 Å². The first-order valence-electron chi connectivity index (χ1n) is 6.51. The highest BCUT2D eigenvalue weighted by atomic mass is 28.3. The lowest BCUT2D eigenvalue weighted by Crippen LogP contribution is -2.31. The standard InChI is InChI=1S/C14H26OSi/c1-5-6-7-8-9-10-11-12-13-14(15)16(2,3)4/h5-11H2,1-4H3.